The Morgan fingerprint density at radius 2 is 1.79 bits per heavy atom. The van der Waals surface area contributed by atoms with Gasteiger partial charge in [0, 0.05) is 29.9 Å². The van der Waals surface area contributed by atoms with Crippen LogP contribution in [-0.4, -0.2) is 28.8 Å². The molecule has 7 heteroatoms. The van der Waals surface area contributed by atoms with Crippen molar-refractivity contribution in [3.8, 4) is 17.0 Å². The number of benzene rings is 2. The Morgan fingerprint density at radius 1 is 0.971 bits per heavy atom. The molecule has 0 saturated carbocycles. The van der Waals surface area contributed by atoms with Crippen LogP contribution < -0.4 is 10.1 Å². The lowest BCUT2D eigenvalue weighted by molar-refractivity contribution is 0.0947. The van der Waals surface area contributed by atoms with Crippen LogP contribution in [0.4, 0.5) is 4.39 Å². The average molecular weight is 455 g/mol. The van der Waals surface area contributed by atoms with E-state index in [4.69, 9.17) is 4.74 Å². The van der Waals surface area contributed by atoms with E-state index in [1.807, 2.05) is 12.1 Å². The number of carbonyl (C=O) groups is 2. The first kappa shape index (κ1) is 22.8. The molecular formula is C27H22FN3O3. The van der Waals surface area contributed by atoms with Crippen molar-refractivity contribution in [3.63, 3.8) is 0 Å². The smallest absolute Gasteiger partial charge is 0.255 e. The predicted molar refractivity (Wildman–Crippen MR) is 126 cm³/mol. The molecule has 0 atom stereocenters. The molecule has 4 aromatic rings. The minimum absolute atomic E-state index is 0.0892. The lowest BCUT2D eigenvalue weighted by atomic mass is 10.0. The summed E-state index contributed by atoms with van der Waals surface area (Å²) >= 11 is 0. The number of rotatable bonds is 8. The maximum Gasteiger partial charge on any atom is 0.255 e. The molecule has 0 unspecified atom stereocenters. The summed E-state index contributed by atoms with van der Waals surface area (Å²) in [4.78, 5) is 34.1. The third kappa shape index (κ3) is 5.32. The minimum Gasteiger partial charge on any atom is -0.496 e. The number of Topliss-reactive ketones (excluding diaryl/α,β-unsaturated/α-hetero) is 1. The van der Waals surface area contributed by atoms with E-state index in [-0.39, 0.29) is 36.0 Å². The third-order valence-corrected chi connectivity index (χ3v) is 5.26. The van der Waals surface area contributed by atoms with Gasteiger partial charge in [-0.2, -0.15) is 0 Å². The monoisotopic (exact) mass is 455 g/mol. The molecule has 0 bridgehead atoms. The summed E-state index contributed by atoms with van der Waals surface area (Å²) in [5, 5.41) is 2.80. The summed E-state index contributed by atoms with van der Waals surface area (Å²) in [6, 6.07) is 20.0. The summed E-state index contributed by atoms with van der Waals surface area (Å²) in [5.74, 6) is -0.535. The van der Waals surface area contributed by atoms with E-state index in [1.165, 1.54) is 19.2 Å². The van der Waals surface area contributed by atoms with Crippen molar-refractivity contribution >= 4 is 11.7 Å². The first-order valence-electron chi connectivity index (χ1n) is 10.6. The van der Waals surface area contributed by atoms with Gasteiger partial charge in [-0.25, -0.2) is 4.39 Å². The predicted octanol–water partition coefficient (Wildman–Crippen LogP) is 4.65. The van der Waals surface area contributed by atoms with Crippen molar-refractivity contribution in [2.75, 3.05) is 7.11 Å². The van der Waals surface area contributed by atoms with Gasteiger partial charge >= 0.3 is 0 Å². The zero-order valence-electron chi connectivity index (χ0n) is 18.5. The zero-order valence-corrected chi connectivity index (χ0v) is 18.5. The molecule has 2 aromatic carbocycles. The standard InChI is InChI=1S/C27H22FN3O3/c1-34-26-12-10-19(15-22(26)27(33)31-17-20-6-4-5-13-29-20)25(32)14-18-9-11-24(30-16-18)21-7-2-3-8-23(21)28/h2-13,15-16H,14,17H2,1H3,(H,31,33). The molecule has 6 nitrogen and oxygen atoms in total. The van der Waals surface area contributed by atoms with E-state index < -0.39 is 0 Å². The van der Waals surface area contributed by atoms with Crippen LogP contribution in [0, 0.1) is 5.82 Å². The molecule has 4 rings (SSSR count). The van der Waals surface area contributed by atoms with Crippen molar-refractivity contribution in [3.05, 3.63) is 113 Å². The van der Waals surface area contributed by atoms with Gasteiger partial charge in [-0.1, -0.05) is 24.3 Å². The van der Waals surface area contributed by atoms with Gasteiger partial charge in [0.05, 0.1) is 30.6 Å². The number of methoxy groups -OCH3 is 1. The van der Waals surface area contributed by atoms with Gasteiger partial charge < -0.3 is 10.1 Å². The van der Waals surface area contributed by atoms with Gasteiger partial charge in [0.2, 0.25) is 0 Å². The number of aromatic nitrogens is 2. The number of ketones is 1. The Labute approximate surface area is 196 Å². The lowest BCUT2D eigenvalue weighted by Crippen LogP contribution is -2.24. The molecule has 0 fully saturated rings. The highest BCUT2D eigenvalue weighted by Gasteiger charge is 2.17. The highest BCUT2D eigenvalue weighted by atomic mass is 19.1. The average Bonchev–Trinajstić information content (AvgIpc) is 2.88. The molecular weight excluding hydrogens is 433 g/mol. The van der Waals surface area contributed by atoms with Crippen molar-refractivity contribution < 1.29 is 18.7 Å². The van der Waals surface area contributed by atoms with Crippen molar-refractivity contribution in [2.45, 2.75) is 13.0 Å². The van der Waals surface area contributed by atoms with Crippen molar-refractivity contribution in [2.24, 2.45) is 0 Å². The van der Waals surface area contributed by atoms with Crippen LogP contribution >= 0.6 is 0 Å². The van der Waals surface area contributed by atoms with Crippen molar-refractivity contribution in [1.29, 1.82) is 0 Å². The van der Waals surface area contributed by atoms with E-state index in [1.54, 1.807) is 60.9 Å². The van der Waals surface area contributed by atoms with Crippen LogP contribution in [0.25, 0.3) is 11.3 Å². The van der Waals surface area contributed by atoms with Gasteiger partial charge in [0.25, 0.3) is 5.91 Å². The molecule has 2 heterocycles. The van der Waals surface area contributed by atoms with Crippen molar-refractivity contribution in [1.82, 2.24) is 15.3 Å². The molecule has 0 aliphatic carbocycles. The highest BCUT2D eigenvalue weighted by Crippen LogP contribution is 2.23. The first-order chi connectivity index (χ1) is 16.5. The Morgan fingerprint density at radius 3 is 2.50 bits per heavy atom. The van der Waals surface area contributed by atoms with E-state index in [2.05, 4.69) is 15.3 Å². The van der Waals surface area contributed by atoms with Gasteiger partial charge in [-0.3, -0.25) is 19.6 Å². The maximum atomic E-state index is 14.0. The molecule has 34 heavy (non-hydrogen) atoms. The summed E-state index contributed by atoms with van der Waals surface area (Å²) in [7, 11) is 1.47. The number of hydrogen-bond donors (Lipinski definition) is 1. The highest BCUT2D eigenvalue weighted by molar-refractivity contribution is 6.02. The van der Waals surface area contributed by atoms with Crippen LogP contribution in [0.15, 0.2) is 85.2 Å². The van der Waals surface area contributed by atoms with Crippen LogP contribution in [-0.2, 0) is 13.0 Å². The Balaban J connectivity index is 1.47. The minimum atomic E-state index is -0.368. The zero-order chi connectivity index (χ0) is 23.9. The van der Waals surface area contributed by atoms with Crippen LogP contribution in [0.2, 0.25) is 0 Å². The number of halogens is 1. The largest absolute Gasteiger partial charge is 0.496 e. The third-order valence-electron chi connectivity index (χ3n) is 5.26. The maximum absolute atomic E-state index is 14.0. The second-order valence-electron chi connectivity index (χ2n) is 7.55. The quantitative estimate of drug-likeness (QED) is 0.391. The number of pyridine rings is 2. The Kier molecular flexibility index (Phi) is 7.03. The second-order valence-corrected chi connectivity index (χ2v) is 7.55. The SMILES string of the molecule is COc1ccc(C(=O)Cc2ccc(-c3ccccc3F)nc2)cc1C(=O)NCc1ccccn1. The molecule has 1 amide bonds. The summed E-state index contributed by atoms with van der Waals surface area (Å²) in [5.41, 5.74) is 2.93. The number of hydrogen-bond acceptors (Lipinski definition) is 5. The fraction of sp³-hybridized carbons (Fsp3) is 0.111. The number of carbonyl (C=O) groups excluding carboxylic acids is 2. The lowest BCUT2D eigenvalue weighted by Gasteiger charge is -2.11. The molecule has 170 valence electrons. The fourth-order valence-corrected chi connectivity index (χ4v) is 3.47. The summed E-state index contributed by atoms with van der Waals surface area (Å²) < 4.78 is 19.3. The van der Waals surface area contributed by atoms with E-state index in [0.29, 0.717) is 33.8 Å². The van der Waals surface area contributed by atoms with E-state index in [9.17, 15) is 14.0 Å². The molecule has 0 aliphatic heterocycles. The fourth-order valence-electron chi connectivity index (χ4n) is 3.47. The number of nitrogens with zero attached hydrogens (tertiary/aromatic N) is 2. The first-order valence-corrected chi connectivity index (χ1v) is 10.6. The van der Waals surface area contributed by atoms with Crippen LogP contribution in [0.3, 0.4) is 0 Å². The van der Waals surface area contributed by atoms with Crippen LogP contribution in [0.1, 0.15) is 32.0 Å². The van der Waals surface area contributed by atoms with Gasteiger partial charge in [-0.05, 0) is 54.1 Å². The second kappa shape index (κ2) is 10.5. The van der Waals surface area contributed by atoms with E-state index in [0.717, 1.165) is 0 Å². The topological polar surface area (TPSA) is 81.2 Å². The molecule has 0 aliphatic rings. The number of ether oxygens (including phenoxy) is 1. The van der Waals surface area contributed by atoms with Gasteiger partial charge in [0.15, 0.2) is 5.78 Å². The normalized spacial score (nSPS) is 10.5. The number of amides is 1. The Bertz CT molecular complexity index is 1310. The molecule has 0 radical (unpaired) electrons. The summed E-state index contributed by atoms with van der Waals surface area (Å²) in [6.07, 6.45) is 3.30. The Hall–Kier alpha value is -4.39. The molecule has 1 N–H and O–H groups in total. The van der Waals surface area contributed by atoms with Gasteiger partial charge in [0.1, 0.15) is 11.6 Å². The molecule has 0 saturated heterocycles. The van der Waals surface area contributed by atoms with Crippen LogP contribution in [0.5, 0.6) is 5.75 Å². The van der Waals surface area contributed by atoms with E-state index >= 15 is 0 Å². The molecule has 0 spiro atoms. The number of nitrogens with one attached hydrogen (secondary N) is 1. The summed E-state index contributed by atoms with van der Waals surface area (Å²) in [6.45, 7) is 0.251. The molecule has 2 aromatic heterocycles. The van der Waals surface area contributed by atoms with Gasteiger partial charge in [-0.15, -0.1) is 0 Å².